The molecule has 0 unspecified atom stereocenters. The third-order valence-corrected chi connectivity index (χ3v) is 3.69. The van der Waals surface area contributed by atoms with Gasteiger partial charge in [-0.05, 0) is 50.6 Å². The maximum absolute atomic E-state index is 5.29. The van der Waals surface area contributed by atoms with Crippen LogP contribution in [0.25, 0.3) is 0 Å². The topological polar surface area (TPSA) is 33.6 Å². The Labute approximate surface area is 117 Å². The molecule has 1 aliphatic rings. The summed E-state index contributed by atoms with van der Waals surface area (Å²) in [5.41, 5.74) is 2.25. The van der Waals surface area contributed by atoms with Crippen molar-refractivity contribution in [3.63, 3.8) is 0 Å². The smallest absolute Gasteiger partial charge is 0.114 e. The molecule has 1 N–H and O–H groups in total. The summed E-state index contributed by atoms with van der Waals surface area (Å²) in [6.45, 7) is 4.70. The van der Waals surface area contributed by atoms with Crippen molar-refractivity contribution < 1.29 is 4.84 Å². The predicted octanol–water partition coefficient (Wildman–Crippen LogP) is 3.19. The molecular formula is C14H19BrN2O. The van der Waals surface area contributed by atoms with Gasteiger partial charge < -0.3 is 10.2 Å². The minimum absolute atomic E-state index is 0.499. The van der Waals surface area contributed by atoms with E-state index in [1.807, 2.05) is 6.92 Å². The molecule has 1 saturated heterocycles. The molecule has 1 aromatic rings. The predicted molar refractivity (Wildman–Crippen MR) is 77.9 cm³/mol. The highest BCUT2D eigenvalue weighted by molar-refractivity contribution is 9.10. The molecule has 18 heavy (non-hydrogen) atoms. The van der Waals surface area contributed by atoms with Gasteiger partial charge >= 0.3 is 0 Å². The molecular weight excluding hydrogens is 292 g/mol. The van der Waals surface area contributed by atoms with Crippen LogP contribution in [-0.2, 0) is 4.84 Å². The Bertz CT molecular complexity index is 397. The van der Waals surface area contributed by atoms with Crippen LogP contribution in [0.2, 0.25) is 0 Å². The third-order valence-electron chi connectivity index (χ3n) is 3.16. The van der Waals surface area contributed by atoms with E-state index in [9.17, 15) is 0 Å². The van der Waals surface area contributed by atoms with Crippen LogP contribution in [0.15, 0.2) is 33.9 Å². The van der Waals surface area contributed by atoms with E-state index in [0.717, 1.165) is 36.1 Å². The molecule has 4 heteroatoms. The van der Waals surface area contributed by atoms with E-state index >= 15 is 0 Å². The number of hydrogen-bond donors (Lipinski definition) is 1. The summed E-state index contributed by atoms with van der Waals surface area (Å²) in [5.74, 6) is 0.499. The number of hydrogen-bond acceptors (Lipinski definition) is 3. The first-order chi connectivity index (χ1) is 8.81. The van der Waals surface area contributed by atoms with Gasteiger partial charge in [0.05, 0.1) is 5.71 Å². The van der Waals surface area contributed by atoms with Gasteiger partial charge in [-0.25, -0.2) is 0 Å². The fourth-order valence-corrected chi connectivity index (χ4v) is 2.48. The number of nitrogens with one attached hydrogen (secondary N) is 1. The Balaban J connectivity index is 2.21. The molecule has 0 aromatic heterocycles. The molecule has 98 valence electrons. The van der Waals surface area contributed by atoms with Crippen molar-refractivity contribution in [2.75, 3.05) is 19.7 Å². The first-order valence-electron chi connectivity index (χ1n) is 6.47. The molecule has 1 heterocycles. The van der Waals surface area contributed by atoms with Crippen molar-refractivity contribution in [2.24, 2.45) is 11.1 Å². The summed E-state index contributed by atoms with van der Waals surface area (Å²) in [7, 11) is 0. The van der Waals surface area contributed by atoms with Gasteiger partial charge in [0.1, 0.15) is 6.61 Å². The maximum Gasteiger partial charge on any atom is 0.114 e. The minimum Gasteiger partial charge on any atom is -0.396 e. The molecule has 0 saturated carbocycles. The molecule has 1 aliphatic heterocycles. The Morgan fingerprint density at radius 2 is 2.00 bits per heavy atom. The van der Waals surface area contributed by atoms with Crippen LogP contribution in [0, 0.1) is 5.92 Å². The van der Waals surface area contributed by atoms with Crippen molar-refractivity contribution >= 4 is 21.6 Å². The van der Waals surface area contributed by atoms with Crippen molar-refractivity contribution in [1.82, 2.24) is 5.32 Å². The summed E-state index contributed by atoms with van der Waals surface area (Å²) in [6.07, 6.45) is 2.25. The molecule has 3 nitrogen and oxygen atoms in total. The van der Waals surface area contributed by atoms with Crippen LogP contribution >= 0.6 is 15.9 Å². The summed E-state index contributed by atoms with van der Waals surface area (Å²) < 4.78 is 1.09. The van der Waals surface area contributed by atoms with Gasteiger partial charge in [-0.2, -0.15) is 0 Å². The number of piperidine rings is 1. The van der Waals surface area contributed by atoms with Crippen molar-refractivity contribution in [1.29, 1.82) is 0 Å². The van der Waals surface area contributed by atoms with Crippen molar-refractivity contribution in [3.8, 4) is 0 Å². The zero-order chi connectivity index (χ0) is 12.8. The van der Waals surface area contributed by atoms with Crippen LogP contribution in [0.3, 0.4) is 0 Å². The number of rotatable bonds is 4. The Kier molecular flexibility index (Phi) is 5.20. The van der Waals surface area contributed by atoms with Gasteiger partial charge in [-0.1, -0.05) is 33.2 Å². The number of oxime groups is 1. The van der Waals surface area contributed by atoms with Crippen LogP contribution in [0.5, 0.6) is 0 Å². The van der Waals surface area contributed by atoms with E-state index in [1.54, 1.807) is 0 Å². The summed E-state index contributed by atoms with van der Waals surface area (Å²) in [5, 5.41) is 7.72. The van der Waals surface area contributed by atoms with Crippen LogP contribution in [0.1, 0.15) is 25.3 Å². The lowest BCUT2D eigenvalue weighted by Gasteiger charge is -2.24. The lowest BCUT2D eigenvalue weighted by molar-refractivity contribution is 0.156. The Morgan fingerprint density at radius 1 is 1.33 bits per heavy atom. The van der Waals surface area contributed by atoms with Crippen molar-refractivity contribution in [2.45, 2.75) is 19.8 Å². The summed E-state index contributed by atoms with van der Waals surface area (Å²) in [6, 6.07) is 8.31. The minimum atomic E-state index is 0.499. The highest BCUT2D eigenvalue weighted by atomic mass is 79.9. The molecule has 2 rings (SSSR count). The molecule has 0 amide bonds. The molecule has 0 atom stereocenters. The van der Waals surface area contributed by atoms with Crippen LogP contribution < -0.4 is 5.32 Å². The van der Waals surface area contributed by atoms with E-state index in [2.05, 4.69) is 50.7 Å². The lowest BCUT2D eigenvalue weighted by atomic mass is 9.89. The maximum atomic E-state index is 5.29. The zero-order valence-corrected chi connectivity index (χ0v) is 12.2. The first kappa shape index (κ1) is 13.6. The molecule has 0 aliphatic carbocycles. The summed E-state index contributed by atoms with van der Waals surface area (Å²) in [4.78, 5) is 5.29. The SMILES string of the molecule is CCO/N=C(/c1ccc(Br)cc1)C1CCNCC1. The van der Waals surface area contributed by atoms with Crippen molar-refractivity contribution in [3.05, 3.63) is 34.3 Å². The van der Waals surface area contributed by atoms with E-state index in [0.29, 0.717) is 12.5 Å². The van der Waals surface area contributed by atoms with E-state index < -0.39 is 0 Å². The number of nitrogens with zero attached hydrogens (tertiary/aromatic N) is 1. The highest BCUT2D eigenvalue weighted by Crippen LogP contribution is 2.21. The molecule has 1 aromatic carbocycles. The standard InChI is InChI=1S/C14H19BrN2O/c1-2-18-17-14(12-7-9-16-10-8-12)11-3-5-13(15)6-4-11/h3-6,12,16H,2,7-10H2,1H3/b17-14-. The normalized spacial score (nSPS) is 17.8. The Morgan fingerprint density at radius 3 is 2.61 bits per heavy atom. The van der Waals surface area contributed by atoms with Gasteiger partial charge in [0.2, 0.25) is 0 Å². The molecule has 0 spiro atoms. The second-order valence-electron chi connectivity index (χ2n) is 4.43. The van der Waals surface area contributed by atoms with Gasteiger partial charge in [0.25, 0.3) is 0 Å². The summed E-state index contributed by atoms with van der Waals surface area (Å²) >= 11 is 3.46. The van der Waals surface area contributed by atoms with E-state index in [-0.39, 0.29) is 0 Å². The zero-order valence-electron chi connectivity index (χ0n) is 10.7. The van der Waals surface area contributed by atoms with E-state index in [4.69, 9.17) is 4.84 Å². The largest absolute Gasteiger partial charge is 0.396 e. The van der Waals surface area contributed by atoms with Crippen LogP contribution in [0.4, 0.5) is 0 Å². The average molecular weight is 311 g/mol. The quantitative estimate of drug-likeness (QED) is 0.684. The Hall–Kier alpha value is -0.870. The number of halogens is 1. The van der Waals surface area contributed by atoms with Gasteiger partial charge in [0, 0.05) is 10.4 Å². The molecule has 1 fully saturated rings. The molecule has 0 radical (unpaired) electrons. The lowest BCUT2D eigenvalue weighted by Crippen LogP contribution is -2.32. The van der Waals surface area contributed by atoms with Gasteiger partial charge in [-0.15, -0.1) is 0 Å². The van der Waals surface area contributed by atoms with Gasteiger partial charge in [0.15, 0.2) is 0 Å². The monoisotopic (exact) mass is 310 g/mol. The van der Waals surface area contributed by atoms with Crippen LogP contribution in [-0.4, -0.2) is 25.4 Å². The van der Waals surface area contributed by atoms with Gasteiger partial charge in [-0.3, -0.25) is 0 Å². The molecule has 0 bridgehead atoms. The fourth-order valence-electron chi connectivity index (χ4n) is 2.21. The number of benzene rings is 1. The fraction of sp³-hybridized carbons (Fsp3) is 0.500. The van der Waals surface area contributed by atoms with E-state index in [1.165, 1.54) is 5.56 Å². The second-order valence-corrected chi connectivity index (χ2v) is 5.34. The highest BCUT2D eigenvalue weighted by Gasteiger charge is 2.21. The third kappa shape index (κ3) is 3.56. The first-order valence-corrected chi connectivity index (χ1v) is 7.27. The average Bonchev–Trinajstić information content (AvgIpc) is 2.42. The second kappa shape index (κ2) is 6.90.